The largest absolute Gasteiger partial charge is 0.497 e. The zero-order chi connectivity index (χ0) is 20.1. The number of hydrogen-bond acceptors (Lipinski definition) is 6. The quantitative estimate of drug-likeness (QED) is 0.756. The fourth-order valence-electron chi connectivity index (χ4n) is 2.85. The van der Waals surface area contributed by atoms with Crippen LogP contribution >= 0.6 is 0 Å². The zero-order valence-corrected chi connectivity index (χ0v) is 15.9. The van der Waals surface area contributed by atoms with Gasteiger partial charge in [0.2, 0.25) is 12.7 Å². The van der Waals surface area contributed by atoms with Gasteiger partial charge in [-0.15, -0.1) is 0 Å². The Morgan fingerprint density at radius 2 is 1.86 bits per heavy atom. The maximum Gasteiger partial charge on any atom is 0.251 e. The molecule has 2 aromatic rings. The molecule has 0 saturated carbocycles. The molecule has 0 saturated heterocycles. The Morgan fingerprint density at radius 3 is 2.61 bits per heavy atom. The Hall–Kier alpha value is -3.42. The van der Waals surface area contributed by atoms with E-state index in [2.05, 4.69) is 10.6 Å². The molecule has 1 heterocycles. The van der Waals surface area contributed by atoms with Crippen LogP contribution < -0.4 is 29.6 Å². The number of amides is 2. The number of hydrogen-bond donors (Lipinski definition) is 2. The van der Waals surface area contributed by atoms with Crippen LogP contribution in [-0.4, -0.2) is 39.4 Å². The second-order valence-electron chi connectivity index (χ2n) is 6.15. The SMILES string of the molecule is COc1ccc(OC)c([C@@H](C)NC(=O)CNC(=O)c2ccc3c(c2)OCO3)c1. The molecule has 1 atom stereocenters. The van der Waals surface area contributed by atoms with Crippen molar-refractivity contribution in [2.45, 2.75) is 13.0 Å². The lowest BCUT2D eigenvalue weighted by Crippen LogP contribution is -2.38. The molecular formula is C20H22N2O6. The fourth-order valence-corrected chi connectivity index (χ4v) is 2.85. The lowest BCUT2D eigenvalue weighted by atomic mass is 10.1. The topological polar surface area (TPSA) is 95.1 Å². The second-order valence-corrected chi connectivity index (χ2v) is 6.15. The van der Waals surface area contributed by atoms with Crippen molar-refractivity contribution >= 4 is 11.8 Å². The van der Waals surface area contributed by atoms with Gasteiger partial charge < -0.3 is 29.6 Å². The van der Waals surface area contributed by atoms with Crippen molar-refractivity contribution in [2.24, 2.45) is 0 Å². The third-order valence-electron chi connectivity index (χ3n) is 4.33. The van der Waals surface area contributed by atoms with Crippen LogP contribution in [0.4, 0.5) is 0 Å². The van der Waals surface area contributed by atoms with Crippen molar-refractivity contribution in [1.29, 1.82) is 0 Å². The summed E-state index contributed by atoms with van der Waals surface area (Å²) >= 11 is 0. The monoisotopic (exact) mass is 386 g/mol. The summed E-state index contributed by atoms with van der Waals surface area (Å²) in [5.74, 6) is 1.70. The number of ether oxygens (including phenoxy) is 4. The third-order valence-corrected chi connectivity index (χ3v) is 4.33. The van der Waals surface area contributed by atoms with Gasteiger partial charge >= 0.3 is 0 Å². The molecule has 28 heavy (non-hydrogen) atoms. The van der Waals surface area contributed by atoms with Gasteiger partial charge in [-0.05, 0) is 43.3 Å². The third kappa shape index (κ3) is 4.28. The molecular weight excluding hydrogens is 364 g/mol. The molecule has 8 nitrogen and oxygen atoms in total. The molecule has 2 amide bonds. The smallest absolute Gasteiger partial charge is 0.251 e. The molecule has 0 fully saturated rings. The minimum atomic E-state index is -0.375. The summed E-state index contributed by atoms with van der Waals surface area (Å²) in [6.07, 6.45) is 0. The highest BCUT2D eigenvalue weighted by atomic mass is 16.7. The summed E-state index contributed by atoms with van der Waals surface area (Å²) in [6, 6.07) is 9.88. The second kappa shape index (κ2) is 8.51. The summed E-state index contributed by atoms with van der Waals surface area (Å²) in [4.78, 5) is 24.5. The zero-order valence-electron chi connectivity index (χ0n) is 15.9. The molecule has 0 aliphatic carbocycles. The minimum absolute atomic E-state index is 0.133. The predicted octanol–water partition coefficient (Wildman–Crippen LogP) is 2.04. The van der Waals surface area contributed by atoms with Crippen LogP contribution in [0.15, 0.2) is 36.4 Å². The van der Waals surface area contributed by atoms with Gasteiger partial charge in [0, 0.05) is 11.1 Å². The standard InChI is InChI=1S/C20H22N2O6/c1-12(15-9-14(25-2)5-7-16(15)26-3)22-19(23)10-21-20(24)13-4-6-17-18(8-13)28-11-27-17/h4-9,12H,10-11H2,1-3H3,(H,21,24)(H,22,23)/t12-/m1/s1. The highest BCUT2D eigenvalue weighted by Crippen LogP contribution is 2.32. The van der Waals surface area contributed by atoms with E-state index in [4.69, 9.17) is 18.9 Å². The molecule has 2 aromatic carbocycles. The summed E-state index contributed by atoms with van der Waals surface area (Å²) < 4.78 is 21.0. The minimum Gasteiger partial charge on any atom is -0.497 e. The molecule has 0 spiro atoms. The summed E-state index contributed by atoms with van der Waals surface area (Å²) in [6.45, 7) is 1.80. The van der Waals surface area contributed by atoms with Crippen molar-refractivity contribution in [3.63, 3.8) is 0 Å². The Morgan fingerprint density at radius 1 is 1.07 bits per heavy atom. The Labute approximate surface area is 162 Å². The number of fused-ring (bicyclic) bond motifs is 1. The lowest BCUT2D eigenvalue weighted by Gasteiger charge is -2.18. The number of rotatable bonds is 7. The van der Waals surface area contributed by atoms with Crippen LogP contribution in [0.2, 0.25) is 0 Å². The number of carbonyl (C=O) groups is 2. The number of carbonyl (C=O) groups excluding carboxylic acids is 2. The number of methoxy groups -OCH3 is 2. The van der Waals surface area contributed by atoms with Gasteiger partial charge in [0.15, 0.2) is 11.5 Å². The van der Waals surface area contributed by atoms with Crippen molar-refractivity contribution in [3.8, 4) is 23.0 Å². The van der Waals surface area contributed by atoms with Crippen molar-refractivity contribution in [2.75, 3.05) is 27.6 Å². The van der Waals surface area contributed by atoms with Crippen LogP contribution in [0.25, 0.3) is 0 Å². The van der Waals surface area contributed by atoms with Crippen molar-refractivity contribution in [3.05, 3.63) is 47.5 Å². The van der Waals surface area contributed by atoms with E-state index in [1.807, 2.05) is 6.92 Å². The van der Waals surface area contributed by atoms with Gasteiger partial charge in [0.1, 0.15) is 11.5 Å². The Bertz CT molecular complexity index is 883. The first kappa shape index (κ1) is 19.3. The first-order chi connectivity index (χ1) is 13.5. The van der Waals surface area contributed by atoms with Crippen molar-refractivity contribution in [1.82, 2.24) is 10.6 Å². The molecule has 0 unspecified atom stereocenters. The molecule has 0 radical (unpaired) electrons. The summed E-state index contributed by atoms with van der Waals surface area (Å²) in [5.41, 5.74) is 1.16. The average molecular weight is 386 g/mol. The van der Waals surface area contributed by atoms with Gasteiger partial charge in [-0.25, -0.2) is 0 Å². The fraction of sp³-hybridized carbons (Fsp3) is 0.300. The van der Waals surface area contributed by atoms with Crippen LogP contribution in [0.3, 0.4) is 0 Å². The van der Waals surface area contributed by atoms with E-state index in [1.54, 1.807) is 50.6 Å². The van der Waals surface area contributed by atoms with E-state index in [9.17, 15) is 9.59 Å². The molecule has 2 N–H and O–H groups in total. The number of nitrogens with one attached hydrogen (secondary N) is 2. The molecule has 1 aliphatic heterocycles. The van der Waals surface area contributed by atoms with Crippen LogP contribution in [0, 0.1) is 0 Å². The Balaban J connectivity index is 1.57. The van der Waals surface area contributed by atoms with Crippen LogP contribution in [0.1, 0.15) is 28.9 Å². The van der Waals surface area contributed by atoms with E-state index < -0.39 is 0 Å². The molecule has 3 rings (SSSR count). The molecule has 8 heteroatoms. The van der Waals surface area contributed by atoms with Gasteiger partial charge in [0.05, 0.1) is 26.8 Å². The highest BCUT2D eigenvalue weighted by molar-refractivity contribution is 5.97. The van der Waals surface area contributed by atoms with E-state index >= 15 is 0 Å². The molecule has 1 aliphatic rings. The summed E-state index contributed by atoms with van der Waals surface area (Å²) in [7, 11) is 3.13. The van der Waals surface area contributed by atoms with Gasteiger partial charge in [0.25, 0.3) is 5.91 Å². The van der Waals surface area contributed by atoms with E-state index in [-0.39, 0.29) is 31.2 Å². The molecule has 148 valence electrons. The first-order valence-corrected chi connectivity index (χ1v) is 8.71. The summed E-state index contributed by atoms with van der Waals surface area (Å²) in [5, 5.41) is 5.43. The van der Waals surface area contributed by atoms with Crippen LogP contribution in [-0.2, 0) is 4.79 Å². The van der Waals surface area contributed by atoms with Gasteiger partial charge in [-0.2, -0.15) is 0 Å². The predicted molar refractivity (Wildman–Crippen MR) is 101 cm³/mol. The van der Waals surface area contributed by atoms with Crippen molar-refractivity contribution < 1.29 is 28.5 Å². The number of benzene rings is 2. The first-order valence-electron chi connectivity index (χ1n) is 8.71. The molecule has 0 aromatic heterocycles. The van der Waals surface area contributed by atoms with Gasteiger partial charge in [-0.1, -0.05) is 0 Å². The van der Waals surface area contributed by atoms with Gasteiger partial charge in [-0.3, -0.25) is 9.59 Å². The average Bonchev–Trinajstić information content (AvgIpc) is 3.19. The highest BCUT2D eigenvalue weighted by Gasteiger charge is 2.18. The maximum absolute atomic E-state index is 12.3. The lowest BCUT2D eigenvalue weighted by molar-refractivity contribution is -0.120. The maximum atomic E-state index is 12.3. The van der Waals surface area contributed by atoms with E-state index in [0.29, 0.717) is 28.6 Å². The van der Waals surface area contributed by atoms with E-state index in [0.717, 1.165) is 5.56 Å². The Kier molecular flexibility index (Phi) is 5.88. The van der Waals surface area contributed by atoms with E-state index in [1.165, 1.54) is 0 Å². The molecule has 0 bridgehead atoms. The van der Waals surface area contributed by atoms with Crippen LogP contribution in [0.5, 0.6) is 23.0 Å². The normalized spacial score (nSPS) is 12.8.